The van der Waals surface area contributed by atoms with E-state index in [-0.39, 0.29) is 18.3 Å². The molecule has 3 aromatic carbocycles. The van der Waals surface area contributed by atoms with Crippen molar-refractivity contribution in [3.05, 3.63) is 89.2 Å². The lowest BCUT2D eigenvalue weighted by Gasteiger charge is -2.21. The van der Waals surface area contributed by atoms with Crippen LogP contribution in [-0.2, 0) is 11.3 Å². The van der Waals surface area contributed by atoms with Crippen LogP contribution in [0.1, 0.15) is 28.4 Å². The van der Waals surface area contributed by atoms with Crippen LogP contribution in [0.25, 0.3) is 0 Å². The lowest BCUT2D eigenvalue weighted by atomic mass is 10.0. The summed E-state index contributed by atoms with van der Waals surface area (Å²) in [5.41, 5.74) is 1.75. The van der Waals surface area contributed by atoms with E-state index in [9.17, 15) is 14.0 Å². The zero-order valence-electron chi connectivity index (χ0n) is 18.8. The Morgan fingerprint density at radius 1 is 0.848 bits per heavy atom. The minimum Gasteiger partial charge on any atom is -0.493 e. The number of hydrogen-bond acceptors (Lipinski definition) is 5. The number of methoxy groups -OCH3 is 2. The number of ketones is 1. The van der Waals surface area contributed by atoms with Crippen molar-refractivity contribution in [3.63, 3.8) is 0 Å². The van der Waals surface area contributed by atoms with Crippen LogP contribution in [0.15, 0.2) is 66.7 Å². The first-order valence-corrected chi connectivity index (χ1v) is 10.5. The number of benzene rings is 3. The SMILES string of the molecule is CCN(Cc1ccc(OC)c(OC)c1)C(=O)COc1ccc(C(=O)c2ccc(F)cc2)cc1. The molecule has 6 nitrogen and oxygen atoms in total. The fourth-order valence-electron chi connectivity index (χ4n) is 3.28. The number of nitrogens with zero attached hydrogens (tertiary/aromatic N) is 1. The molecule has 0 saturated carbocycles. The second-order valence-corrected chi connectivity index (χ2v) is 7.25. The van der Waals surface area contributed by atoms with Crippen molar-refractivity contribution in [2.24, 2.45) is 0 Å². The summed E-state index contributed by atoms with van der Waals surface area (Å²) in [6.07, 6.45) is 0. The van der Waals surface area contributed by atoms with Crippen molar-refractivity contribution < 1.29 is 28.2 Å². The molecule has 0 unspecified atom stereocenters. The molecule has 0 aliphatic carbocycles. The average Bonchev–Trinajstić information content (AvgIpc) is 2.86. The van der Waals surface area contributed by atoms with Gasteiger partial charge < -0.3 is 19.1 Å². The molecule has 3 aromatic rings. The third-order valence-corrected chi connectivity index (χ3v) is 5.14. The summed E-state index contributed by atoms with van der Waals surface area (Å²) < 4.78 is 29.3. The van der Waals surface area contributed by atoms with E-state index in [0.717, 1.165) is 5.56 Å². The normalized spacial score (nSPS) is 10.4. The Morgan fingerprint density at radius 2 is 1.45 bits per heavy atom. The minimum atomic E-state index is -0.396. The van der Waals surface area contributed by atoms with Crippen molar-refractivity contribution in [3.8, 4) is 17.2 Å². The zero-order valence-corrected chi connectivity index (χ0v) is 18.8. The number of carbonyl (C=O) groups excluding carboxylic acids is 2. The topological polar surface area (TPSA) is 65.1 Å². The number of carbonyl (C=O) groups is 2. The number of ether oxygens (including phenoxy) is 3. The fraction of sp³-hybridized carbons (Fsp3) is 0.231. The van der Waals surface area contributed by atoms with Crippen LogP contribution in [0.5, 0.6) is 17.2 Å². The summed E-state index contributed by atoms with van der Waals surface area (Å²) in [6, 6.07) is 17.4. The third kappa shape index (κ3) is 6.10. The van der Waals surface area contributed by atoms with Crippen LogP contribution in [0.3, 0.4) is 0 Å². The van der Waals surface area contributed by atoms with Gasteiger partial charge in [-0.05, 0) is 73.2 Å². The van der Waals surface area contributed by atoms with Crippen LogP contribution < -0.4 is 14.2 Å². The molecule has 0 heterocycles. The molecule has 0 aliphatic rings. The predicted molar refractivity (Wildman–Crippen MR) is 122 cm³/mol. The second-order valence-electron chi connectivity index (χ2n) is 7.25. The van der Waals surface area contributed by atoms with Crippen LogP contribution >= 0.6 is 0 Å². The Balaban J connectivity index is 1.58. The molecule has 33 heavy (non-hydrogen) atoms. The van der Waals surface area contributed by atoms with E-state index < -0.39 is 5.82 Å². The highest BCUT2D eigenvalue weighted by Gasteiger charge is 2.15. The Morgan fingerprint density at radius 3 is 2.03 bits per heavy atom. The molecule has 0 radical (unpaired) electrons. The second kappa shape index (κ2) is 11.1. The third-order valence-electron chi connectivity index (χ3n) is 5.14. The number of amides is 1. The quantitative estimate of drug-likeness (QED) is 0.425. The lowest BCUT2D eigenvalue weighted by Crippen LogP contribution is -2.34. The van der Waals surface area contributed by atoms with E-state index in [1.54, 1.807) is 49.5 Å². The fourth-order valence-corrected chi connectivity index (χ4v) is 3.28. The maximum Gasteiger partial charge on any atom is 0.260 e. The first-order chi connectivity index (χ1) is 15.9. The van der Waals surface area contributed by atoms with Crippen molar-refractivity contribution >= 4 is 11.7 Å². The molecular weight excluding hydrogens is 425 g/mol. The summed E-state index contributed by atoms with van der Waals surface area (Å²) in [6.45, 7) is 2.69. The predicted octanol–water partition coefficient (Wildman–Crippen LogP) is 4.50. The number of rotatable bonds is 10. The van der Waals surface area contributed by atoms with E-state index >= 15 is 0 Å². The molecule has 0 bridgehead atoms. The maximum atomic E-state index is 13.1. The van der Waals surface area contributed by atoms with Gasteiger partial charge in [-0.25, -0.2) is 4.39 Å². The largest absolute Gasteiger partial charge is 0.493 e. The monoisotopic (exact) mass is 451 g/mol. The van der Waals surface area contributed by atoms with Gasteiger partial charge in [-0.15, -0.1) is 0 Å². The number of halogens is 1. The Labute approximate surface area is 192 Å². The summed E-state index contributed by atoms with van der Waals surface area (Å²) in [5, 5.41) is 0. The Kier molecular flexibility index (Phi) is 8.02. The Hall–Kier alpha value is -3.87. The standard InChI is InChI=1S/C26H26FNO5/c1-4-28(16-18-5-14-23(31-2)24(15-18)32-3)25(29)17-33-22-12-8-20(9-13-22)26(30)19-6-10-21(27)11-7-19/h5-15H,4,16-17H2,1-3H3. The highest BCUT2D eigenvalue weighted by Crippen LogP contribution is 2.28. The van der Waals surface area contributed by atoms with E-state index in [4.69, 9.17) is 14.2 Å². The molecule has 3 rings (SSSR count). The Bertz CT molecular complexity index is 1100. The van der Waals surface area contributed by atoms with E-state index in [2.05, 4.69) is 0 Å². The van der Waals surface area contributed by atoms with Gasteiger partial charge in [-0.3, -0.25) is 9.59 Å². The van der Waals surface area contributed by atoms with Gasteiger partial charge in [0.25, 0.3) is 5.91 Å². The summed E-state index contributed by atoms with van der Waals surface area (Å²) in [5.74, 6) is 0.919. The van der Waals surface area contributed by atoms with Gasteiger partial charge in [0, 0.05) is 24.2 Å². The first kappa shape index (κ1) is 23.8. The highest BCUT2D eigenvalue weighted by molar-refractivity contribution is 6.09. The van der Waals surface area contributed by atoms with E-state index in [1.165, 1.54) is 24.3 Å². The molecule has 172 valence electrons. The van der Waals surface area contributed by atoms with Crippen LogP contribution in [0, 0.1) is 5.82 Å². The van der Waals surface area contributed by atoms with Gasteiger partial charge in [0.05, 0.1) is 14.2 Å². The van der Waals surface area contributed by atoms with Gasteiger partial charge >= 0.3 is 0 Å². The van der Waals surface area contributed by atoms with Crippen molar-refractivity contribution in [1.29, 1.82) is 0 Å². The minimum absolute atomic E-state index is 0.133. The first-order valence-electron chi connectivity index (χ1n) is 10.5. The molecule has 0 aromatic heterocycles. The number of likely N-dealkylation sites (N-methyl/N-ethyl adjacent to an activating group) is 1. The number of hydrogen-bond donors (Lipinski definition) is 0. The molecule has 7 heteroatoms. The molecule has 0 aliphatic heterocycles. The summed E-state index contributed by atoms with van der Waals surface area (Å²) in [4.78, 5) is 26.8. The van der Waals surface area contributed by atoms with Crippen LogP contribution in [0.4, 0.5) is 4.39 Å². The highest BCUT2D eigenvalue weighted by atomic mass is 19.1. The molecule has 1 amide bonds. The van der Waals surface area contributed by atoms with Gasteiger partial charge in [0.2, 0.25) is 0 Å². The molecule has 0 saturated heterocycles. The molecular formula is C26H26FNO5. The lowest BCUT2D eigenvalue weighted by molar-refractivity contribution is -0.133. The summed E-state index contributed by atoms with van der Waals surface area (Å²) in [7, 11) is 3.14. The van der Waals surface area contributed by atoms with Crippen molar-refractivity contribution in [2.45, 2.75) is 13.5 Å². The summed E-state index contributed by atoms with van der Waals surface area (Å²) >= 11 is 0. The maximum absolute atomic E-state index is 13.1. The molecule has 0 atom stereocenters. The molecule has 0 spiro atoms. The van der Waals surface area contributed by atoms with E-state index in [1.807, 2.05) is 19.1 Å². The van der Waals surface area contributed by atoms with E-state index in [0.29, 0.717) is 41.5 Å². The molecule has 0 N–H and O–H groups in total. The van der Waals surface area contributed by atoms with Gasteiger partial charge in [-0.1, -0.05) is 6.07 Å². The smallest absolute Gasteiger partial charge is 0.260 e. The molecule has 0 fully saturated rings. The van der Waals surface area contributed by atoms with Gasteiger partial charge in [0.1, 0.15) is 11.6 Å². The van der Waals surface area contributed by atoms with Crippen molar-refractivity contribution in [2.75, 3.05) is 27.4 Å². The van der Waals surface area contributed by atoms with Crippen LogP contribution in [0.2, 0.25) is 0 Å². The van der Waals surface area contributed by atoms with Crippen LogP contribution in [-0.4, -0.2) is 44.0 Å². The zero-order chi connectivity index (χ0) is 23.8. The van der Waals surface area contributed by atoms with Crippen molar-refractivity contribution in [1.82, 2.24) is 4.90 Å². The average molecular weight is 451 g/mol. The van der Waals surface area contributed by atoms with Gasteiger partial charge in [-0.2, -0.15) is 0 Å². The van der Waals surface area contributed by atoms with Gasteiger partial charge in [0.15, 0.2) is 23.9 Å².